The SMILES string of the molecule is COc1ccc(COC(=O)[C@@H](Cc2ccc(OCOn3nnc4ccc(Cl)cc43)cc2)NC(=O)OC(C)(C)C)cc1. The Balaban J connectivity index is 1.35. The van der Waals surface area contributed by atoms with Gasteiger partial charge in [-0.05, 0) is 79.6 Å². The first-order chi connectivity index (χ1) is 19.6. The fourth-order valence-corrected chi connectivity index (χ4v) is 3.85. The van der Waals surface area contributed by atoms with E-state index < -0.39 is 23.7 Å². The number of benzene rings is 3. The first-order valence-corrected chi connectivity index (χ1v) is 13.1. The van der Waals surface area contributed by atoms with E-state index in [1.807, 2.05) is 0 Å². The van der Waals surface area contributed by atoms with Gasteiger partial charge in [0.1, 0.15) is 40.8 Å². The van der Waals surface area contributed by atoms with Crippen LogP contribution in [0, 0.1) is 0 Å². The average Bonchev–Trinajstić information content (AvgIpc) is 3.33. The third-order valence-corrected chi connectivity index (χ3v) is 5.89. The Kier molecular flexibility index (Phi) is 9.51. The number of aromatic nitrogens is 3. The van der Waals surface area contributed by atoms with Crippen molar-refractivity contribution in [1.29, 1.82) is 0 Å². The average molecular weight is 583 g/mol. The summed E-state index contributed by atoms with van der Waals surface area (Å²) in [4.78, 5) is 32.2. The minimum absolute atomic E-state index is 0.0371. The molecule has 0 radical (unpaired) electrons. The van der Waals surface area contributed by atoms with E-state index >= 15 is 0 Å². The lowest BCUT2D eigenvalue weighted by atomic mass is 10.1. The third kappa shape index (κ3) is 8.74. The summed E-state index contributed by atoms with van der Waals surface area (Å²) in [5.41, 5.74) is 2.06. The molecule has 1 heterocycles. The highest BCUT2D eigenvalue weighted by atomic mass is 35.5. The van der Waals surface area contributed by atoms with E-state index in [0.717, 1.165) is 11.1 Å². The summed E-state index contributed by atoms with van der Waals surface area (Å²) < 4.78 is 21.7. The first-order valence-electron chi connectivity index (χ1n) is 12.7. The zero-order valence-electron chi connectivity index (χ0n) is 23.1. The molecule has 0 unspecified atom stereocenters. The molecule has 0 fully saturated rings. The number of carbonyl (C=O) groups excluding carboxylic acids is 2. The molecule has 0 saturated carbocycles. The number of hydrogen-bond acceptors (Lipinski definition) is 9. The molecular weight excluding hydrogens is 552 g/mol. The van der Waals surface area contributed by atoms with Gasteiger partial charge in [-0.15, -0.1) is 5.10 Å². The molecule has 1 amide bonds. The molecule has 0 aliphatic rings. The lowest BCUT2D eigenvalue weighted by Gasteiger charge is -2.23. The zero-order chi connectivity index (χ0) is 29.4. The van der Waals surface area contributed by atoms with Gasteiger partial charge in [0.2, 0.25) is 0 Å². The fourth-order valence-electron chi connectivity index (χ4n) is 3.69. The first kappa shape index (κ1) is 29.5. The van der Waals surface area contributed by atoms with E-state index in [4.69, 9.17) is 35.4 Å². The molecule has 4 aromatic rings. The number of alkyl carbamates (subject to hydrolysis) is 1. The van der Waals surface area contributed by atoms with Crippen LogP contribution in [0.4, 0.5) is 4.79 Å². The molecule has 0 saturated heterocycles. The maximum absolute atomic E-state index is 13.0. The molecule has 0 aliphatic carbocycles. The molecule has 216 valence electrons. The molecule has 0 spiro atoms. The van der Waals surface area contributed by atoms with Crippen molar-refractivity contribution in [2.24, 2.45) is 0 Å². The van der Waals surface area contributed by atoms with Crippen LogP contribution in [-0.2, 0) is 27.3 Å². The molecule has 0 aliphatic heterocycles. The van der Waals surface area contributed by atoms with Crippen molar-refractivity contribution in [2.75, 3.05) is 13.9 Å². The molecule has 11 nitrogen and oxygen atoms in total. The molecule has 4 rings (SSSR count). The van der Waals surface area contributed by atoms with Crippen molar-refractivity contribution < 1.29 is 33.4 Å². The molecule has 1 atom stereocenters. The van der Waals surface area contributed by atoms with Gasteiger partial charge in [0.05, 0.1) is 7.11 Å². The number of methoxy groups -OCH3 is 1. The predicted molar refractivity (Wildman–Crippen MR) is 151 cm³/mol. The Bertz CT molecular complexity index is 1470. The highest BCUT2D eigenvalue weighted by Gasteiger charge is 2.26. The number of nitrogens with zero attached hydrogens (tertiary/aromatic N) is 3. The molecular formula is C29H31ClN4O7. The summed E-state index contributed by atoms with van der Waals surface area (Å²) in [7, 11) is 1.58. The van der Waals surface area contributed by atoms with Crippen molar-refractivity contribution >= 4 is 34.7 Å². The lowest BCUT2D eigenvalue weighted by molar-refractivity contribution is -0.147. The number of nitrogens with one attached hydrogen (secondary N) is 1. The second-order valence-corrected chi connectivity index (χ2v) is 10.4. The van der Waals surface area contributed by atoms with Gasteiger partial charge in [-0.3, -0.25) is 0 Å². The monoisotopic (exact) mass is 582 g/mol. The second-order valence-electron chi connectivity index (χ2n) is 9.99. The topological polar surface area (TPSA) is 123 Å². The van der Waals surface area contributed by atoms with Crippen LogP contribution in [0.1, 0.15) is 31.9 Å². The van der Waals surface area contributed by atoms with Gasteiger partial charge in [0.15, 0.2) is 0 Å². The number of carbonyl (C=O) groups is 2. The molecule has 1 N–H and O–H groups in total. The standard InChI is InChI=1S/C29H31ClN4O7/c1-29(2,3)41-28(36)31-25(27(35)38-17-20-7-10-22(37-4)11-8-20)15-19-5-12-23(13-6-19)39-18-40-34-26-16-21(30)9-14-24(26)32-33-34/h5-14,16,25H,15,17-18H2,1-4H3,(H,31,36)/t25-/m1/s1. The van der Waals surface area contributed by atoms with Gasteiger partial charge in [0, 0.05) is 11.4 Å². The van der Waals surface area contributed by atoms with Crippen LogP contribution < -0.4 is 19.6 Å². The van der Waals surface area contributed by atoms with Crippen molar-refractivity contribution in [1.82, 2.24) is 20.5 Å². The van der Waals surface area contributed by atoms with Crippen LogP contribution >= 0.6 is 11.6 Å². The van der Waals surface area contributed by atoms with Gasteiger partial charge in [-0.25, -0.2) is 9.59 Å². The highest BCUT2D eigenvalue weighted by Crippen LogP contribution is 2.18. The van der Waals surface area contributed by atoms with Crippen molar-refractivity contribution in [2.45, 2.75) is 45.4 Å². The second kappa shape index (κ2) is 13.2. The summed E-state index contributed by atoms with van der Waals surface area (Å²) >= 11 is 6.04. The fraction of sp³-hybridized carbons (Fsp3) is 0.310. The largest absolute Gasteiger partial charge is 0.497 e. The minimum Gasteiger partial charge on any atom is -0.497 e. The number of halogens is 1. The van der Waals surface area contributed by atoms with Gasteiger partial charge in [-0.1, -0.05) is 40.7 Å². The number of rotatable bonds is 11. The van der Waals surface area contributed by atoms with Crippen molar-refractivity contribution in [3.63, 3.8) is 0 Å². The van der Waals surface area contributed by atoms with E-state index in [1.54, 1.807) is 94.6 Å². The van der Waals surface area contributed by atoms with Gasteiger partial charge in [-0.2, -0.15) is 0 Å². The molecule has 1 aromatic heterocycles. The van der Waals surface area contributed by atoms with Crippen molar-refractivity contribution in [3.8, 4) is 11.5 Å². The maximum atomic E-state index is 13.0. The molecule has 3 aromatic carbocycles. The summed E-state index contributed by atoms with van der Waals surface area (Å²) in [5.74, 6) is 0.621. The highest BCUT2D eigenvalue weighted by molar-refractivity contribution is 6.31. The van der Waals surface area contributed by atoms with E-state index in [9.17, 15) is 9.59 Å². The van der Waals surface area contributed by atoms with Crippen LogP contribution in [0.25, 0.3) is 11.0 Å². The quantitative estimate of drug-likeness (QED) is 0.197. The predicted octanol–water partition coefficient (Wildman–Crippen LogP) is 4.74. The number of fused-ring (bicyclic) bond motifs is 1. The summed E-state index contributed by atoms with van der Waals surface area (Å²) in [6, 6.07) is 18.3. The summed E-state index contributed by atoms with van der Waals surface area (Å²) in [5, 5.41) is 11.1. The summed E-state index contributed by atoms with van der Waals surface area (Å²) in [6.45, 7) is 5.13. The Hall–Kier alpha value is -4.51. The minimum atomic E-state index is -0.981. The van der Waals surface area contributed by atoms with Gasteiger partial charge >= 0.3 is 12.1 Å². The Morgan fingerprint density at radius 3 is 2.34 bits per heavy atom. The maximum Gasteiger partial charge on any atom is 0.408 e. The molecule has 0 bridgehead atoms. The number of esters is 1. The van der Waals surface area contributed by atoms with Crippen LogP contribution in [-0.4, -0.2) is 52.8 Å². The Morgan fingerprint density at radius 1 is 0.976 bits per heavy atom. The lowest BCUT2D eigenvalue weighted by Crippen LogP contribution is -2.45. The molecule has 41 heavy (non-hydrogen) atoms. The Morgan fingerprint density at radius 2 is 1.66 bits per heavy atom. The van der Waals surface area contributed by atoms with Crippen LogP contribution in [0.3, 0.4) is 0 Å². The number of amides is 1. The number of hydrogen-bond donors (Lipinski definition) is 1. The van der Waals surface area contributed by atoms with Crippen molar-refractivity contribution in [3.05, 3.63) is 82.9 Å². The zero-order valence-corrected chi connectivity index (χ0v) is 23.9. The van der Waals surface area contributed by atoms with Crippen LogP contribution in [0.2, 0.25) is 5.02 Å². The Labute approximate surface area is 242 Å². The number of ether oxygens (including phenoxy) is 4. The molecule has 12 heteroatoms. The summed E-state index contributed by atoms with van der Waals surface area (Å²) in [6.07, 6.45) is -0.550. The normalized spacial score (nSPS) is 11.9. The van der Waals surface area contributed by atoms with Crippen LogP contribution in [0.15, 0.2) is 66.7 Å². The van der Waals surface area contributed by atoms with Gasteiger partial charge in [0.25, 0.3) is 6.79 Å². The van der Waals surface area contributed by atoms with E-state index in [0.29, 0.717) is 27.6 Å². The smallest absolute Gasteiger partial charge is 0.408 e. The van der Waals surface area contributed by atoms with Crippen LogP contribution in [0.5, 0.6) is 11.5 Å². The third-order valence-electron chi connectivity index (χ3n) is 5.66. The van der Waals surface area contributed by atoms with E-state index in [2.05, 4.69) is 15.6 Å². The van der Waals surface area contributed by atoms with E-state index in [-0.39, 0.29) is 19.8 Å². The van der Waals surface area contributed by atoms with E-state index in [1.165, 1.54) is 4.85 Å². The van der Waals surface area contributed by atoms with Gasteiger partial charge < -0.3 is 29.1 Å².